The number of nitrogens with one attached hydrogen (secondary N) is 3. The monoisotopic (exact) mass is 227 g/mol. The molecule has 1 unspecified atom stereocenters. The molecule has 1 fully saturated rings. The van der Waals surface area contributed by atoms with Gasteiger partial charge in [-0.05, 0) is 11.6 Å². The average Bonchev–Trinajstić information content (AvgIpc) is 2.82. The van der Waals surface area contributed by atoms with Gasteiger partial charge in [0.05, 0.1) is 0 Å². The molecule has 0 saturated carbocycles. The normalized spacial score (nSPS) is 20.0. The lowest BCUT2D eigenvalue weighted by atomic mass is 9.95. The van der Waals surface area contributed by atoms with Crippen molar-refractivity contribution in [3.8, 4) is 0 Å². The molecule has 0 spiro atoms. The Labute approximate surface area is 96.3 Å². The van der Waals surface area contributed by atoms with Crippen molar-refractivity contribution in [3.63, 3.8) is 0 Å². The van der Waals surface area contributed by atoms with E-state index >= 15 is 0 Å². The number of benzene rings is 1. The number of carbonyl (C=O) groups is 2. The van der Waals surface area contributed by atoms with Gasteiger partial charge in [0.15, 0.2) is 0 Å². The van der Waals surface area contributed by atoms with E-state index in [1.165, 1.54) is 0 Å². The fourth-order valence-electron chi connectivity index (χ4n) is 2.14. The summed E-state index contributed by atoms with van der Waals surface area (Å²) in [7, 11) is 0. The van der Waals surface area contributed by atoms with E-state index in [1.807, 2.05) is 24.3 Å². The van der Waals surface area contributed by atoms with Crippen LogP contribution in [0, 0.1) is 5.41 Å². The molecule has 0 radical (unpaired) electrons. The van der Waals surface area contributed by atoms with E-state index < -0.39 is 17.7 Å². The second-order valence-electron chi connectivity index (χ2n) is 3.95. The Morgan fingerprint density at radius 3 is 2.65 bits per heavy atom. The zero-order valence-corrected chi connectivity index (χ0v) is 8.78. The summed E-state index contributed by atoms with van der Waals surface area (Å²) < 4.78 is 0. The maximum absolute atomic E-state index is 11.7. The van der Waals surface area contributed by atoms with E-state index in [0.29, 0.717) is 5.56 Å². The second-order valence-corrected chi connectivity index (χ2v) is 3.95. The molecule has 2 aromatic rings. The molecule has 0 bridgehead atoms. The summed E-state index contributed by atoms with van der Waals surface area (Å²) in [5, 5.41) is 10.7. The number of rotatable bonds is 1. The van der Waals surface area contributed by atoms with Gasteiger partial charge in [0.1, 0.15) is 11.6 Å². The Kier molecular flexibility index (Phi) is 1.89. The highest BCUT2D eigenvalue weighted by atomic mass is 16.2. The highest BCUT2D eigenvalue weighted by Crippen LogP contribution is 2.28. The van der Waals surface area contributed by atoms with Gasteiger partial charge >= 0.3 is 0 Å². The lowest BCUT2D eigenvalue weighted by Gasteiger charge is -2.04. The first-order valence-electron chi connectivity index (χ1n) is 5.18. The van der Waals surface area contributed by atoms with Crippen molar-refractivity contribution in [2.75, 3.05) is 0 Å². The molecule has 2 amide bonds. The van der Waals surface area contributed by atoms with Crippen LogP contribution in [0.25, 0.3) is 10.9 Å². The highest BCUT2D eigenvalue weighted by molar-refractivity contribution is 6.51. The number of aromatic nitrogens is 1. The van der Waals surface area contributed by atoms with E-state index in [-0.39, 0.29) is 5.71 Å². The van der Waals surface area contributed by atoms with Gasteiger partial charge < -0.3 is 4.98 Å². The van der Waals surface area contributed by atoms with Crippen LogP contribution in [-0.2, 0) is 9.59 Å². The molecule has 1 aliphatic heterocycles. The van der Waals surface area contributed by atoms with Crippen molar-refractivity contribution in [2.45, 2.75) is 5.92 Å². The molecule has 1 aromatic carbocycles. The van der Waals surface area contributed by atoms with Crippen LogP contribution in [0.15, 0.2) is 30.5 Å². The molecule has 84 valence electrons. The smallest absolute Gasteiger partial charge is 0.272 e. The lowest BCUT2D eigenvalue weighted by molar-refractivity contribution is -0.124. The van der Waals surface area contributed by atoms with Gasteiger partial charge in [0, 0.05) is 17.1 Å². The third-order valence-corrected chi connectivity index (χ3v) is 2.96. The molecule has 2 heterocycles. The summed E-state index contributed by atoms with van der Waals surface area (Å²) in [6.45, 7) is 0. The quantitative estimate of drug-likeness (QED) is 0.633. The Morgan fingerprint density at radius 1 is 1.18 bits per heavy atom. The summed E-state index contributed by atoms with van der Waals surface area (Å²) in [6.07, 6.45) is 1.68. The van der Waals surface area contributed by atoms with Crippen molar-refractivity contribution in [1.29, 1.82) is 5.41 Å². The first kappa shape index (κ1) is 9.77. The SMILES string of the molecule is N=C1C(=O)NC(=O)C1c1c[nH]c2ccccc12. The highest BCUT2D eigenvalue weighted by Gasteiger charge is 2.39. The summed E-state index contributed by atoms with van der Waals surface area (Å²) in [5.74, 6) is -1.83. The van der Waals surface area contributed by atoms with Crippen LogP contribution >= 0.6 is 0 Å². The number of hydrogen-bond donors (Lipinski definition) is 3. The summed E-state index contributed by atoms with van der Waals surface area (Å²) in [5.41, 5.74) is 1.37. The molecular weight excluding hydrogens is 218 g/mol. The number of imide groups is 1. The van der Waals surface area contributed by atoms with Crippen molar-refractivity contribution in [3.05, 3.63) is 36.0 Å². The van der Waals surface area contributed by atoms with Crippen molar-refractivity contribution in [1.82, 2.24) is 10.3 Å². The molecular formula is C12H9N3O2. The minimum atomic E-state index is -0.793. The minimum absolute atomic E-state index is 0.195. The van der Waals surface area contributed by atoms with Crippen molar-refractivity contribution < 1.29 is 9.59 Å². The van der Waals surface area contributed by atoms with Gasteiger partial charge in [-0.1, -0.05) is 18.2 Å². The number of para-hydroxylation sites is 1. The van der Waals surface area contributed by atoms with E-state index in [1.54, 1.807) is 6.20 Å². The molecule has 1 aliphatic rings. The predicted molar refractivity (Wildman–Crippen MR) is 61.9 cm³/mol. The topological polar surface area (TPSA) is 85.8 Å². The fourth-order valence-corrected chi connectivity index (χ4v) is 2.14. The van der Waals surface area contributed by atoms with E-state index in [2.05, 4.69) is 10.3 Å². The fraction of sp³-hybridized carbons (Fsp3) is 0.0833. The van der Waals surface area contributed by atoms with Gasteiger partial charge in [0.25, 0.3) is 5.91 Å². The van der Waals surface area contributed by atoms with E-state index in [9.17, 15) is 9.59 Å². The molecule has 0 aliphatic carbocycles. The number of aromatic amines is 1. The van der Waals surface area contributed by atoms with Crippen molar-refractivity contribution >= 4 is 28.4 Å². The first-order chi connectivity index (χ1) is 8.18. The summed E-state index contributed by atoms with van der Waals surface area (Å²) in [4.78, 5) is 25.9. The van der Waals surface area contributed by atoms with E-state index in [4.69, 9.17) is 5.41 Å². The maximum atomic E-state index is 11.7. The third kappa shape index (κ3) is 1.29. The van der Waals surface area contributed by atoms with Crippen LogP contribution in [0.1, 0.15) is 11.5 Å². The average molecular weight is 227 g/mol. The Bertz CT molecular complexity index is 657. The number of fused-ring (bicyclic) bond motifs is 1. The first-order valence-corrected chi connectivity index (χ1v) is 5.18. The van der Waals surface area contributed by atoms with Crippen LogP contribution in [0.3, 0.4) is 0 Å². The summed E-state index contributed by atoms with van der Waals surface area (Å²) in [6, 6.07) is 7.49. The van der Waals surface area contributed by atoms with Crippen LogP contribution in [0.2, 0.25) is 0 Å². The molecule has 17 heavy (non-hydrogen) atoms. The molecule has 1 aromatic heterocycles. The predicted octanol–water partition coefficient (Wildman–Crippen LogP) is 0.928. The van der Waals surface area contributed by atoms with Crippen LogP contribution in [0.5, 0.6) is 0 Å². The van der Waals surface area contributed by atoms with Gasteiger partial charge in [-0.15, -0.1) is 0 Å². The number of H-pyrrole nitrogens is 1. The van der Waals surface area contributed by atoms with Gasteiger partial charge in [-0.25, -0.2) is 0 Å². The second kappa shape index (κ2) is 3.28. The van der Waals surface area contributed by atoms with Crippen molar-refractivity contribution in [2.24, 2.45) is 0 Å². The lowest BCUT2D eigenvalue weighted by Crippen LogP contribution is -2.21. The number of amides is 2. The van der Waals surface area contributed by atoms with Crippen LogP contribution in [0.4, 0.5) is 0 Å². The molecule has 5 nitrogen and oxygen atoms in total. The zero-order valence-electron chi connectivity index (χ0n) is 8.78. The van der Waals surface area contributed by atoms with E-state index in [0.717, 1.165) is 10.9 Å². The molecule has 5 heteroatoms. The van der Waals surface area contributed by atoms with Gasteiger partial charge in [0.2, 0.25) is 5.91 Å². The Hall–Kier alpha value is -2.43. The summed E-state index contributed by atoms with van der Waals surface area (Å²) >= 11 is 0. The Morgan fingerprint density at radius 2 is 1.94 bits per heavy atom. The molecule has 3 N–H and O–H groups in total. The molecule has 1 saturated heterocycles. The maximum Gasteiger partial charge on any atom is 0.272 e. The zero-order chi connectivity index (χ0) is 12.0. The molecule has 3 rings (SSSR count). The van der Waals surface area contributed by atoms with Gasteiger partial charge in [-0.2, -0.15) is 0 Å². The number of carbonyl (C=O) groups excluding carboxylic acids is 2. The third-order valence-electron chi connectivity index (χ3n) is 2.96. The standard InChI is InChI=1S/C12H9N3O2/c13-10-9(11(16)15-12(10)17)7-5-14-8-4-2-1-3-6(7)8/h1-5,9,13-14H,(H,15,16,17). The molecule has 1 atom stereocenters. The van der Waals surface area contributed by atoms with Gasteiger partial charge in [-0.3, -0.25) is 20.3 Å². The van der Waals surface area contributed by atoms with Crippen LogP contribution < -0.4 is 5.32 Å². The Balaban J connectivity index is 2.19. The minimum Gasteiger partial charge on any atom is -0.361 e. The van der Waals surface area contributed by atoms with Crippen LogP contribution in [-0.4, -0.2) is 22.5 Å². The largest absolute Gasteiger partial charge is 0.361 e. The number of hydrogen-bond acceptors (Lipinski definition) is 3.